The van der Waals surface area contributed by atoms with E-state index in [0.717, 1.165) is 10.6 Å². The normalized spacial score (nSPS) is 12.8. The van der Waals surface area contributed by atoms with Gasteiger partial charge in [0.15, 0.2) is 0 Å². The molecule has 1 aromatic heterocycles. The molecule has 2 nitrogen and oxygen atoms in total. The van der Waals surface area contributed by atoms with Crippen LogP contribution in [0.25, 0.3) is 0 Å². The van der Waals surface area contributed by atoms with Crippen molar-refractivity contribution in [2.45, 2.75) is 18.1 Å². The predicted molar refractivity (Wildman–Crippen MR) is 51.7 cm³/mol. The Bertz CT molecular complexity index is 270. The molecule has 1 N–H and O–H groups in total. The first kappa shape index (κ1) is 10.5. The van der Waals surface area contributed by atoms with Gasteiger partial charge in [-0.2, -0.15) is 0 Å². The summed E-state index contributed by atoms with van der Waals surface area (Å²) in [6.45, 7) is 1.25. The Labute approximate surface area is 81.2 Å². The number of aromatic nitrogens is 1. The highest BCUT2D eigenvalue weighted by Crippen LogP contribution is 2.19. The van der Waals surface area contributed by atoms with Gasteiger partial charge in [-0.3, -0.25) is 0 Å². The minimum absolute atomic E-state index is 0.356. The summed E-state index contributed by atoms with van der Waals surface area (Å²) < 4.78 is 11.9. The average molecular weight is 201 g/mol. The van der Waals surface area contributed by atoms with E-state index in [9.17, 15) is 4.39 Å². The van der Waals surface area contributed by atoms with Crippen LogP contribution in [-0.4, -0.2) is 28.6 Å². The maximum absolute atomic E-state index is 11.9. The van der Waals surface area contributed by atoms with Gasteiger partial charge in [0.1, 0.15) is 6.67 Å². The molecule has 1 atom stereocenters. The molecule has 1 aromatic rings. The van der Waals surface area contributed by atoms with Crippen LogP contribution in [0.3, 0.4) is 0 Å². The first-order valence-corrected chi connectivity index (χ1v) is 5.01. The van der Waals surface area contributed by atoms with Crippen LogP contribution < -0.4 is 0 Å². The average Bonchev–Trinajstić information content (AvgIpc) is 2.16. The number of halogens is 1. The van der Waals surface area contributed by atoms with E-state index < -0.39 is 12.8 Å². The monoisotopic (exact) mass is 201 g/mol. The maximum Gasteiger partial charge on any atom is 0.116 e. The summed E-state index contributed by atoms with van der Waals surface area (Å²) >= 11 is 1.38. The van der Waals surface area contributed by atoms with Crippen molar-refractivity contribution in [3.63, 3.8) is 0 Å². The Morgan fingerprint density at radius 2 is 2.46 bits per heavy atom. The van der Waals surface area contributed by atoms with Crippen molar-refractivity contribution in [2.24, 2.45) is 0 Å². The van der Waals surface area contributed by atoms with Crippen LogP contribution in [0.2, 0.25) is 0 Å². The lowest BCUT2D eigenvalue weighted by atomic mass is 10.3. The van der Waals surface area contributed by atoms with Gasteiger partial charge in [0.05, 0.1) is 11.1 Å². The van der Waals surface area contributed by atoms with Gasteiger partial charge in [-0.25, -0.2) is 9.37 Å². The zero-order valence-corrected chi connectivity index (χ0v) is 8.22. The first-order valence-electron chi connectivity index (χ1n) is 4.02. The van der Waals surface area contributed by atoms with Gasteiger partial charge in [0, 0.05) is 11.9 Å². The lowest BCUT2D eigenvalue weighted by molar-refractivity contribution is 0.162. The van der Waals surface area contributed by atoms with Crippen molar-refractivity contribution in [2.75, 3.05) is 12.4 Å². The second-order valence-corrected chi connectivity index (χ2v) is 3.75. The predicted octanol–water partition coefficient (Wildman–Crippen LogP) is 1.81. The molecule has 0 aromatic carbocycles. The van der Waals surface area contributed by atoms with E-state index in [-0.39, 0.29) is 0 Å². The highest BCUT2D eigenvalue weighted by Gasteiger charge is 2.05. The highest BCUT2D eigenvalue weighted by molar-refractivity contribution is 7.99. The summed E-state index contributed by atoms with van der Waals surface area (Å²) in [5.41, 5.74) is 1.05. The van der Waals surface area contributed by atoms with E-state index in [1.807, 2.05) is 19.1 Å². The van der Waals surface area contributed by atoms with Crippen molar-refractivity contribution in [1.29, 1.82) is 0 Å². The van der Waals surface area contributed by atoms with Gasteiger partial charge < -0.3 is 5.11 Å². The van der Waals surface area contributed by atoms with Gasteiger partial charge in [-0.1, -0.05) is 6.07 Å². The lowest BCUT2D eigenvalue weighted by Gasteiger charge is -2.06. The van der Waals surface area contributed by atoms with Gasteiger partial charge in [-0.05, 0) is 18.6 Å². The number of hydrogen-bond donors (Lipinski definition) is 1. The smallest absolute Gasteiger partial charge is 0.116 e. The number of nitrogens with zero attached hydrogens (tertiary/aromatic N) is 1. The Morgan fingerprint density at radius 3 is 3.08 bits per heavy atom. The van der Waals surface area contributed by atoms with E-state index >= 15 is 0 Å². The molecule has 1 heterocycles. The van der Waals surface area contributed by atoms with Gasteiger partial charge >= 0.3 is 0 Å². The topological polar surface area (TPSA) is 33.1 Å². The number of hydrogen-bond acceptors (Lipinski definition) is 3. The Morgan fingerprint density at radius 1 is 1.69 bits per heavy atom. The largest absolute Gasteiger partial charge is 0.390 e. The highest BCUT2D eigenvalue weighted by atomic mass is 32.2. The van der Waals surface area contributed by atoms with E-state index in [1.165, 1.54) is 11.8 Å². The van der Waals surface area contributed by atoms with Crippen molar-refractivity contribution in [3.8, 4) is 0 Å². The molecule has 0 spiro atoms. The Hall–Kier alpha value is -0.610. The molecule has 0 amide bonds. The fourth-order valence-corrected chi connectivity index (χ4v) is 1.71. The number of aliphatic hydroxyl groups excluding tert-OH is 1. The molecular formula is C9H12FNOS. The summed E-state index contributed by atoms with van der Waals surface area (Å²) in [5, 5.41) is 9.84. The van der Waals surface area contributed by atoms with Gasteiger partial charge in [0.2, 0.25) is 0 Å². The van der Waals surface area contributed by atoms with Crippen molar-refractivity contribution >= 4 is 11.8 Å². The van der Waals surface area contributed by atoms with Gasteiger partial charge in [0.25, 0.3) is 0 Å². The number of alkyl halides is 1. The zero-order valence-electron chi connectivity index (χ0n) is 7.40. The summed E-state index contributed by atoms with van der Waals surface area (Å²) in [6.07, 6.45) is 0.809. The van der Waals surface area contributed by atoms with Crippen molar-refractivity contribution in [3.05, 3.63) is 23.9 Å². The quantitative estimate of drug-likeness (QED) is 0.754. The molecule has 0 aliphatic rings. The Balaban J connectivity index is 2.50. The number of thioether (sulfide) groups is 1. The summed E-state index contributed by atoms with van der Waals surface area (Å²) in [4.78, 5) is 4.11. The molecule has 1 unspecified atom stereocenters. The third-order valence-corrected chi connectivity index (χ3v) is 2.80. The number of pyridine rings is 1. The molecule has 0 bridgehead atoms. The third-order valence-electron chi connectivity index (χ3n) is 1.55. The van der Waals surface area contributed by atoms with Gasteiger partial charge in [-0.15, -0.1) is 11.8 Å². The molecule has 0 aliphatic carbocycles. The second-order valence-electron chi connectivity index (χ2n) is 2.74. The van der Waals surface area contributed by atoms with E-state index in [1.54, 1.807) is 6.20 Å². The molecule has 72 valence electrons. The number of rotatable bonds is 4. The van der Waals surface area contributed by atoms with Crippen LogP contribution in [0, 0.1) is 6.92 Å². The second kappa shape index (κ2) is 5.19. The van der Waals surface area contributed by atoms with Crippen LogP contribution in [0.5, 0.6) is 0 Å². The van der Waals surface area contributed by atoms with Crippen LogP contribution >= 0.6 is 11.8 Å². The fourth-order valence-electron chi connectivity index (χ4n) is 0.842. The molecule has 1 rings (SSSR count). The van der Waals surface area contributed by atoms with Crippen LogP contribution in [0.1, 0.15) is 5.56 Å². The van der Waals surface area contributed by atoms with E-state index in [4.69, 9.17) is 5.11 Å². The number of aliphatic hydroxyl groups is 1. The molecule has 0 radical (unpaired) electrons. The molecule has 0 saturated heterocycles. The molecule has 4 heteroatoms. The Kier molecular flexibility index (Phi) is 4.18. The van der Waals surface area contributed by atoms with Crippen molar-refractivity contribution < 1.29 is 9.50 Å². The summed E-state index contributed by atoms with van der Waals surface area (Å²) in [7, 11) is 0. The molecule has 0 fully saturated rings. The minimum atomic E-state index is -0.883. The fraction of sp³-hybridized carbons (Fsp3) is 0.444. The number of aryl methyl sites for hydroxylation is 1. The molecule has 0 saturated carbocycles. The third kappa shape index (κ3) is 3.32. The first-order chi connectivity index (χ1) is 6.24. The van der Waals surface area contributed by atoms with Crippen LogP contribution in [0.4, 0.5) is 4.39 Å². The zero-order chi connectivity index (χ0) is 9.68. The lowest BCUT2D eigenvalue weighted by Crippen LogP contribution is -2.11. The molecule has 13 heavy (non-hydrogen) atoms. The van der Waals surface area contributed by atoms with Crippen LogP contribution in [0.15, 0.2) is 23.4 Å². The molecule has 0 aliphatic heterocycles. The van der Waals surface area contributed by atoms with Crippen LogP contribution in [-0.2, 0) is 0 Å². The van der Waals surface area contributed by atoms with E-state index in [2.05, 4.69) is 4.98 Å². The summed E-state index contributed by atoms with van der Waals surface area (Å²) in [6, 6.07) is 3.79. The minimum Gasteiger partial charge on any atom is -0.390 e. The maximum atomic E-state index is 11.9. The summed E-state index contributed by atoms with van der Waals surface area (Å²) in [5.74, 6) is 0.356. The van der Waals surface area contributed by atoms with E-state index in [0.29, 0.717) is 5.75 Å². The standard InChI is InChI=1S/C9H12FNOS/c1-7-3-2-4-11-9(7)13-6-8(12)5-10/h2-4,8,12H,5-6H2,1H3. The molecular weight excluding hydrogens is 189 g/mol. The SMILES string of the molecule is Cc1cccnc1SCC(O)CF. The van der Waals surface area contributed by atoms with Crippen molar-refractivity contribution in [1.82, 2.24) is 4.98 Å².